The maximum Gasteiger partial charge on any atom is 0.0492 e. The molecule has 0 aliphatic heterocycles. The highest BCUT2D eigenvalue weighted by Crippen LogP contribution is 2.27. The van der Waals surface area contributed by atoms with Crippen LogP contribution in [0.4, 0.5) is 0 Å². The van der Waals surface area contributed by atoms with E-state index in [-0.39, 0.29) is 5.41 Å². The Morgan fingerprint density at radius 2 is 1.62 bits per heavy atom. The molecule has 1 nitrogen and oxygen atoms in total. The van der Waals surface area contributed by atoms with Crippen molar-refractivity contribution in [3.63, 3.8) is 0 Å². The van der Waals surface area contributed by atoms with E-state index >= 15 is 0 Å². The Morgan fingerprint density at radius 1 is 1.15 bits per heavy atom. The SMILES string of the molecule is C#C/C(=C(/C)N=C(C)C)C(C)(C)C. The van der Waals surface area contributed by atoms with Crippen molar-refractivity contribution in [2.24, 2.45) is 10.4 Å². The van der Waals surface area contributed by atoms with Crippen LogP contribution in [0.15, 0.2) is 16.3 Å². The summed E-state index contributed by atoms with van der Waals surface area (Å²) in [4.78, 5) is 4.37. The van der Waals surface area contributed by atoms with E-state index in [0.717, 1.165) is 17.0 Å². The van der Waals surface area contributed by atoms with Crippen LogP contribution in [0.5, 0.6) is 0 Å². The van der Waals surface area contributed by atoms with E-state index in [4.69, 9.17) is 6.42 Å². The fourth-order valence-electron chi connectivity index (χ4n) is 1.25. The smallest absolute Gasteiger partial charge is 0.0492 e. The van der Waals surface area contributed by atoms with Crippen molar-refractivity contribution in [3.05, 3.63) is 11.3 Å². The molecule has 0 unspecified atom stereocenters. The molecule has 0 saturated carbocycles. The number of nitrogens with zero attached hydrogens (tertiary/aromatic N) is 1. The molecule has 13 heavy (non-hydrogen) atoms. The van der Waals surface area contributed by atoms with Gasteiger partial charge < -0.3 is 0 Å². The van der Waals surface area contributed by atoms with E-state index in [1.54, 1.807) is 0 Å². The molecule has 0 atom stereocenters. The Morgan fingerprint density at radius 3 is 1.85 bits per heavy atom. The maximum absolute atomic E-state index is 5.46. The van der Waals surface area contributed by atoms with E-state index in [1.165, 1.54) is 0 Å². The van der Waals surface area contributed by atoms with E-state index < -0.39 is 0 Å². The highest BCUT2D eigenvalue weighted by atomic mass is 14.7. The number of aliphatic imine (C=N–C) groups is 1. The van der Waals surface area contributed by atoms with Gasteiger partial charge in [0.1, 0.15) is 0 Å². The summed E-state index contributed by atoms with van der Waals surface area (Å²) in [5, 5.41) is 0. The minimum atomic E-state index is 0.0117. The molecule has 1 heteroatoms. The Labute approximate surface area is 82.0 Å². The second-order valence-corrected chi connectivity index (χ2v) is 4.41. The van der Waals surface area contributed by atoms with Gasteiger partial charge in [-0.3, -0.25) is 4.99 Å². The van der Waals surface area contributed by atoms with Gasteiger partial charge in [-0.15, -0.1) is 6.42 Å². The molecular formula is C12H19N. The summed E-state index contributed by atoms with van der Waals surface area (Å²) in [6.45, 7) is 12.2. The second kappa shape index (κ2) is 4.28. The van der Waals surface area contributed by atoms with Gasteiger partial charge in [0.2, 0.25) is 0 Å². The van der Waals surface area contributed by atoms with Gasteiger partial charge in [-0.1, -0.05) is 26.7 Å². The topological polar surface area (TPSA) is 12.4 Å². The predicted octanol–water partition coefficient (Wildman–Crippen LogP) is 3.42. The van der Waals surface area contributed by atoms with Gasteiger partial charge >= 0.3 is 0 Å². The van der Waals surface area contributed by atoms with E-state index in [1.807, 2.05) is 20.8 Å². The lowest BCUT2D eigenvalue weighted by molar-refractivity contribution is 0.515. The monoisotopic (exact) mass is 177 g/mol. The first kappa shape index (κ1) is 12.0. The van der Waals surface area contributed by atoms with Crippen LogP contribution in [0.25, 0.3) is 0 Å². The predicted molar refractivity (Wildman–Crippen MR) is 59.8 cm³/mol. The molecule has 0 radical (unpaired) electrons. The highest BCUT2D eigenvalue weighted by molar-refractivity contribution is 5.80. The van der Waals surface area contributed by atoms with E-state index in [9.17, 15) is 0 Å². The van der Waals surface area contributed by atoms with Crippen LogP contribution in [0.2, 0.25) is 0 Å². The van der Waals surface area contributed by atoms with Crippen molar-refractivity contribution in [3.8, 4) is 12.3 Å². The minimum Gasteiger partial charge on any atom is -0.262 e. The first-order valence-corrected chi connectivity index (χ1v) is 4.49. The van der Waals surface area contributed by atoms with Crippen LogP contribution < -0.4 is 0 Å². The van der Waals surface area contributed by atoms with Gasteiger partial charge in [-0.2, -0.15) is 0 Å². The number of rotatable bonds is 1. The molecule has 72 valence electrons. The van der Waals surface area contributed by atoms with Crippen molar-refractivity contribution in [1.82, 2.24) is 0 Å². The summed E-state index contributed by atoms with van der Waals surface area (Å²) < 4.78 is 0. The molecule has 0 fully saturated rings. The van der Waals surface area contributed by atoms with Gasteiger partial charge in [0.15, 0.2) is 0 Å². The number of hydrogen-bond acceptors (Lipinski definition) is 1. The van der Waals surface area contributed by atoms with Gasteiger partial charge in [-0.05, 0) is 26.2 Å². The third-order valence-electron chi connectivity index (χ3n) is 1.65. The van der Waals surface area contributed by atoms with Gasteiger partial charge in [0.05, 0.1) is 0 Å². The average molecular weight is 177 g/mol. The van der Waals surface area contributed by atoms with E-state index in [0.29, 0.717) is 0 Å². The molecule has 0 aliphatic rings. The van der Waals surface area contributed by atoms with Crippen molar-refractivity contribution in [1.29, 1.82) is 0 Å². The Balaban J connectivity index is 5.19. The molecule has 0 aromatic heterocycles. The van der Waals surface area contributed by atoms with Crippen LogP contribution in [-0.4, -0.2) is 5.71 Å². The van der Waals surface area contributed by atoms with E-state index in [2.05, 4.69) is 31.7 Å². The molecule has 0 N–H and O–H groups in total. The number of hydrogen-bond donors (Lipinski definition) is 0. The van der Waals surface area contributed by atoms with Crippen LogP contribution in [-0.2, 0) is 0 Å². The first-order valence-electron chi connectivity index (χ1n) is 4.49. The van der Waals surface area contributed by atoms with Gasteiger partial charge in [-0.25, -0.2) is 0 Å². The van der Waals surface area contributed by atoms with Crippen LogP contribution >= 0.6 is 0 Å². The largest absolute Gasteiger partial charge is 0.262 e. The van der Waals surface area contributed by atoms with Crippen molar-refractivity contribution in [2.75, 3.05) is 0 Å². The summed E-state index contributed by atoms with van der Waals surface area (Å²) in [6, 6.07) is 0. The molecule has 0 aromatic rings. The summed E-state index contributed by atoms with van der Waals surface area (Å²) in [7, 11) is 0. The average Bonchev–Trinajstić information content (AvgIpc) is 1.82. The molecule has 0 saturated heterocycles. The minimum absolute atomic E-state index is 0.0117. The third-order valence-corrected chi connectivity index (χ3v) is 1.65. The maximum atomic E-state index is 5.46. The Hall–Kier alpha value is -1.03. The third kappa shape index (κ3) is 3.94. The van der Waals surface area contributed by atoms with Crippen molar-refractivity contribution in [2.45, 2.75) is 41.5 Å². The van der Waals surface area contributed by atoms with Crippen molar-refractivity contribution < 1.29 is 0 Å². The molecule has 0 heterocycles. The van der Waals surface area contributed by atoms with Gasteiger partial charge in [0, 0.05) is 17.0 Å². The lowest BCUT2D eigenvalue weighted by Gasteiger charge is -2.19. The zero-order valence-electron chi connectivity index (χ0n) is 9.52. The Bertz CT molecular complexity index is 275. The molecular weight excluding hydrogens is 158 g/mol. The second-order valence-electron chi connectivity index (χ2n) is 4.41. The number of terminal acetylenes is 1. The summed E-state index contributed by atoms with van der Waals surface area (Å²) in [6.07, 6.45) is 5.46. The molecule has 0 amide bonds. The zero-order chi connectivity index (χ0) is 10.6. The summed E-state index contributed by atoms with van der Waals surface area (Å²) >= 11 is 0. The molecule has 0 aromatic carbocycles. The Kier molecular flexibility index (Phi) is 3.94. The fourth-order valence-corrected chi connectivity index (χ4v) is 1.25. The lowest BCUT2D eigenvalue weighted by Crippen LogP contribution is -2.09. The van der Waals surface area contributed by atoms with Crippen LogP contribution in [0, 0.1) is 17.8 Å². The molecule has 0 bridgehead atoms. The quantitative estimate of drug-likeness (QED) is 0.430. The summed E-state index contributed by atoms with van der Waals surface area (Å²) in [5.74, 6) is 2.72. The van der Waals surface area contributed by atoms with Crippen LogP contribution in [0.3, 0.4) is 0 Å². The van der Waals surface area contributed by atoms with Crippen molar-refractivity contribution >= 4 is 5.71 Å². The number of allylic oxidation sites excluding steroid dienone is 2. The molecule has 0 spiro atoms. The molecule has 0 rings (SSSR count). The standard InChI is InChI=1S/C12H19N/c1-8-11(12(5,6)7)10(4)13-9(2)3/h1H,2-7H3/b11-10+. The summed E-state index contributed by atoms with van der Waals surface area (Å²) in [5.41, 5.74) is 2.98. The lowest BCUT2D eigenvalue weighted by atomic mass is 9.86. The normalized spacial score (nSPS) is 13.0. The van der Waals surface area contributed by atoms with Crippen LogP contribution in [0.1, 0.15) is 41.5 Å². The van der Waals surface area contributed by atoms with Gasteiger partial charge in [0.25, 0.3) is 0 Å². The fraction of sp³-hybridized carbons (Fsp3) is 0.583. The highest BCUT2D eigenvalue weighted by Gasteiger charge is 2.17. The molecule has 0 aliphatic carbocycles. The first-order chi connectivity index (χ1) is 5.79. The zero-order valence-corrected chi connectivity index (χ0v) is 9.52.